The summed E-state index contributed by atoms with van der Waals surface area (Å²) in [6, 6.07) is 0. The number of carboxylic acid groups (broad SMARTS) is 1. The first kappa shape index (κ1) is 19.9. The van der Waals surface area contributed by atoms with E-state index in [2.05, 4.69) is 15.3 Å². The monoisotopic (exact) mass is 316 g/mol. The minimum atomic E-state index is -0.853. The van der Waals surface area contributed by atoms with Crippen LogP contribution < -0.4 is 5.43 Å². The number of hydrogen-bond donors (Lipinski definition) is 2. The molecule has 0 fully saturated rings. The Balaban J connectivity index is 4.39. The maximum atomic E-state index is 11.5. The zero-order chi connectivity index (χ0) is 17.2. The first-order valence-corrected chi connectivity index (χ1v) is 7.01. The zero-order valence-corrected chi connectivity index (χ0v) is 13.5. The van der Waals surface area contributed by atoms with Crippen LogP contribution in [0, 0.1) is 0 Å². The van der Waals surface area contributed by atoms with Gasteiger partial charge in [0.25, 0.3) is 0 Å². The minimum Gasteiger partial charge on any atom is -0.481 e. The van der Waals surface area contributed by atoms with Crippen molar-refractivity contribution in [2.75, 3.05) is 7.11 Å². The van der Waals surface area contributed by atoms with Crippen LogP contribution >= 0.6 is 0 Å². The second-order valence-electron chi connectivity index (χ2n) is 5.62. The molecule has 0 aromatic rings. The van der Waals surface area contributed by atoms with E-state index in [1.165, 1.54) is 7.11 Å². The van der Waals surface area contributed by atoms with Crippen molar-refractivity contribution in [1.29, 1.82) is 0 Å². The van der Waals surface area contributed by atoms with E-state index < -0.39 is 23.6 Å². The van der Waals surface area contributed by atoms with Crippen molar-refractivity contribution >= 4 is 23.7 Å². The van der Waals surface area contributed by atoms with Crippen LogP contribution in [0.25, 0.3) is 0 Å². The molecule has 0 rings (SSSR count). The summed E-state index contributed by atoms with van der Waals surface area (Å²) < 4.78 is 9.58. The molecule has 2 N–H and O–H groups in total. The molecule has 0 spiro atoms. The molecule has 0 aliphatic heterocycles. The van der Waals surface area contributed by atoms with Crippen LogP contribution in [0.2, 0.25) is 0 Å². The number of unbranched alkanes of at least 4 members (excludes halogenated alkanes) is 2. The SMILES string of the molecule is COC(=O)/C(CCCCCC(=O)O)=N\NC(=O)OC(C)(C)C. The van der Waals surface area contributed by atoms with Crippen LogP contribution in [0.3, 0.4) is 0 Å². The number of esters is 1. The lowest BCUT2D eigenvalue weighted by molar-refractivity contribution is -0.137. The lowest BCUT2D eigenvalue weighted by Crippen LogP contribution is -2.31. The number of aliphatic carboxylic acids is 1. The van der Waals surface area contributed by atoms with Crippen LogP contribution in [0.15, 0.2) is 5.10 Å². The van der Waals surface area contributed by atoms with Gasteiger partial charge < -0.3 is 14.6 Å². The van der Waals surface area contributed by atoms with E-state index in [-0.39, 0.29) is 18.6 Å². The van der Waals surface area contributed by atoms with Crippen molar-refractivity contribution in [3.8, 4) is 0 Å². The summed E-state index contributed by atoms with van der Waals surface area (Å²) in [6.07, 6.45) is 1.32. The molecule has 22 heavy (non-hydrogen) atoms. The number of carboxylic acids is 1. The first-order chi connectivity index (χ1) is 10.2. The number of rotatable bonds is 8. The fraction of sp³-hybridized carbons (Fsp3) is 0.714. The molecule has 0 aliphatic rings. The molecule has 0 atom stereocenters. The molecule has 0 aromatic carbocycles. The first-order valence-electron chi connectivity index (χ1n) is 7.01. The van der Waals surface area contributed by atoms with E-state index in [0.29, 0.717) is 19.3 Å². The van der Waals surface area contributed by atoms with Crippen LogP contribution in [0.5, 0.6) is 0 Å². The van der Waals surface area contributed by atoms with Gasteiger partial charge in [-0.1, -0.05) is 6.42 Å². The summed E-state index contributed by atoms with van der Waals surface area (Å²) in [7, 11) is 1.22. The highest BCUT2D eigenvalue weighted by Crippen LogP contribution is 2.07. The van der Waals surface area contributed by atoms with Crippen molar-refractivity contribution in [3.05, 3.63) is 0 Å². The van der Waals surface area contributed by atoms with Gasteiger partial charge in [0.1, 0.15) is 11.3 Å². The Labute approximate surface area is 129 Å². The third-order valence-corrected chi connectivity index (χ3v) is 2.41. The number of carbonyl (C=O) groups excluding carboxylic acids is 2. The van der Waals surface area contributed by atoms with Crippen molar-refractivity contribution in [2.45, 2.75) is 58.5 Å². The Hall–Kier alpha value is -2.12. The number of carbonyl (C=O) groups is 3. The van der Waals surface area contributed by atoms with Gasteiger partial charge in [-0.25, -0.2) is 15.0 Å². The minimum absolute atomic E-state index is 0.0590. The van der Waals surface area contributed by atoms with Crippen LogP contribution in [-0.4, -0.2) is 41.6 Å². The molecule has 1 amide bonds. The van der Waals surface area contributed by atoms with Gasteiger partial charge in [0, 0.05) is 6.42 Å². The molecular weight excluding hydrogens is 292 g/mol. The van der Waals surface area contributed by atoms with Gasteiger partial charge in [0.05, 0.1) is 7.11 Å². The maximum Gasteiger partial charge on any atom is 0.428 e. The average molecular weight is 316 g/mol. The van der Waals surface area contributed by atoms with Crippen LogP contribution in [0.1, 0.15) is 52.9 Å². The molecule has 0 unspecified atom stereocenters. The largest absolute Gasteiger partial charge is 0.481 e. The zero-order valence-electron chi connectivity index (χ0n) is 13.5. The molecule has 0 bridgehead atoms. The summed E-state index contributed by atoms with van der Waals surface area (Å²) in [5, 5.41) is 12.2. The number of methoxy groups -OCH3 is 1. The quantitative estimate of drug-likeness (QED) is 0.307. The number of amides is 1. The molecule has 0 saturated carbocycles. The summed E-state index contributed by atoms with van der Waals surface area (Å²) >= 11 is 0. The Kier molecular flexibility index (Phi) is 8.81. The van der Waals surface area contributed by atoms with Gasteiger partial charge in [-0.3, -0.25) is 4.79 Å². The van der Waals surface area contributed by atoms with E-state index in [1.54, 1.807) is 20.8 Å². The van der Waals surface area contributed by atoms with E-state index >= 15 is 0 Å². The number of hydrazone groups is 1. The molecule has 0 saturated heterocycles. The van der Waals surface area contributed by atoms with E-state index in [1.807, 2.05) is 0 Å². The second-order valence-corrected chi connectivity index (χ2v) is 5.62. The summed E-state index contributed by atoms with van der Waals surface area (Å²) in [6.45, 7) is 5.12. The summed E-state index contributed by atoms with van der Waals surface area (Å²) in [4.78, 5) is 33.4. The lowest BCUT2D eigenvalue weighted by atomic mass is 10.1. The Morgan fingerprint density at radius 1 is 1.09 bits per heavy atom. The molecule has 0 aliphatic carbocycles. The van der Waals surface area contributed by atoms with Gasteiger partial charge in [0.15, 0.2) is 0 Å². The average Bonchev–Trinajstić information content (AvgIpc) is 2.38. The van der Waals surface area contributed by atoms with Gasteiger partial charge in [-0.15, -0.1) is 0 Å². The van der Waals surface area contributed by atoms with Gasteiger partial charge in [-0.2, -0.15) is 5.10 Å². The molecule has 126 valence electrons. The Bertz CT molecular complexity index is 426. The fourth-order valence-corrected chi connectivity index (χ4v) is 1.48. The van der Waals surface area contributed by atoms with E-state index in [4.69, 9.17) is 9.84 Å². The highest BCUT2D eigenvalue weighted by molar-refractivity contribution is 6.36. The van der Waals surface area contributed by atoms with Crippen LogP contribution in [0.4, 0.5) is 4.79 Å². The molecule has 8 heteroatoms. The van der Waals surface area contributed by atoms with Crippen molar-refractivity contribution in [3.63, 3.8) is 0 Å². The number of hydrogen-bond acceptors (Lipinski definition) is 6. The van der Waals surface area contributed by atoms with E-state index in [9.17, 15) is 14.4 Å². The highest BCUT2D eigenvalue weighted by Gasteiger charge is 2.17. The predicted molar refractivity (Wildman–Crippen MR) is 79.5 cm³/mol. The van der Waals surface area contributed by atoms with Crippen molar-refractivity contribution in [2.24, 2.45) is 5.10 Å². The number of ether oxygens (including phenoxy) is 2. The van der Waals surface area contributed by atoms with Crippen LogP contribution in [-0.2, 0) is 19.1 Å². The van der Waals surface area contributed by atoms with E-state index in [0.717, 1.165) is 0 Å². The van der Waals surface area contributed by atoms with Gasteiger partial charge >= 0.3 is 18.0 Å². The smallest absolute Gasteiger partial charge is 0.428 e. The summed E-state index contributed by atoms with van der Waals surface area (Å²) in [5.74, 6) is -1.50. The number of nitrogens with zero attached hydrogens (tertiary/aromatic N) is 1. The topological polar surface area (TPSA) is 114 Å². The van der Waals surface area contributed by atoms with Crippen molar-refractivity contribution < 1.29 is 29.0 Å². The molecular formula is C14H24N2O6. The molecule has 0 radical (unpaired) electrons. The molecule has 0 aromatic heterocycles. The third-order valence-electron chi connectivity index (χ3n) is 2.41. The lowest BCUT2D eigenvalue weighted by Gasteiger charge is -2.18. The fourth-order valence-electron chi connectivity index (χ4n) is 1.48. The predicted octanol–water partition coefficient (Wildman–Crippen LogP) is 2.08. The highest BCUT2D eigenvalue weighted by atomic mass is 16.6. The Morgan fingerprint density at radius 3 is 2.18 bits per heavy atom. The second kappa shape index (κ2) is 9.75. The van der Waals surface area contributed by atoms with Crippen molar-refractivity contribution in [1.82, 2.24) is 5.43 Å². The maximum absolute atomic E-state index is 11.5. The third kappa shape index (κ3) is 10.6. The standard InChI is InChI=1S/C14H24N2O6/c1-14(2,3)22-13(20)16-15-10(12(19)21-4)8-6-5-7-9-11(17)18/h5-9H2,1-4H3,(H,16,20)(H,17,18)/b15-10-. The number of nitrogens with one attached hydrogen (secondary N) is 1. The normalized spacial score (nSPS) is 11.7. The Morgan fingerprint density at radius 2 is 1.68 bits per heavy atom. The molecule has 0 heterocycles. The van der Waals surface area contributed by atoms with Gasteiger partial charge in [-0.05, 0) is 40.0 Å². The van der Waals surface area contributed by atoms with Gasteiger partial charge in [0.2, 0.25) is 0 Å². The molecule has 8 nitrogen and oxygen atoms in total. The summed E-state index contributed by atoms with van der Waals surface area (Å²) in [5.41, 5.74) is 1.54.